The molecule has 0 amide bonds. The number of para-hydroxylation sites is 1. The molecule has 0 heterocycles. The lowest BCUT2D eigenvalue weighted by molar-refractivity contribution is -0.139. The number of benzene rings is 2. The monoisotopic (exact) mass is 384 g/mol. The number of esters is 1. The Hall–Kier alpha value is -1.69. The molecule has 126 valence electrons. The summed E-state index contributed by atoms with van der Waals surface area (Å²) < 4.78 is 10.1. The Morgan fingerprint density at radius 2 is 1.88 bits per heavy atom. The summed E-state index contributed by atoms with van der Waals surface area (Å²) in [5, 5.41) is 1.03. The van der Waals surface area contributed by atoms with Gasteiger partial charge >= 0.3 is 5.97 Å². The predicted octanol–water partition coefficient (Wildman–Crippen LogP) is 4.52. The molecule has 7 heteroatoms. The third-order valence-electron chi connectivity index (χ3n) is 3.01. The van der Waals surface area contributed by atoms with E-state index in [9.17, 15) is 9.59 Å². The maximum atomic E-state index is 12.1. The molecular formula is C17H14Cl2O4S. The van der Waals surface area contributed by atoms with E-state index in [0.717, 1.165) is 0 Å². The zero-order valence-electron chi connectivity index (χ0n) is 12.8. The molecule has 2 rings (SSSR count). The molecule has 0 unspecified atom stereocenters. The van der Waals surface area contributed by atoms with Crippen LogP contribution in [-0.2, 0) is 9.53 Å². The molecule has 2 aromatic rings. The van der Waals surface area contributed by atoms with Crippen molar-refractivity contribution in [1.29, 1.82) is 0 Å². The number of hydrogen-bond acceptors (Lipinski definition) is 5. The minimum Gasteiger partial charge on any atom is -0.496 e. The quantitative estimate of drug-likeness (QED) is 0.399. The first-order chi connectivity index (χ1) is 11.5. The van der Waals surface area contributed by atoms with Gasteiger partial charge in [-0.3, -0.25) is 9.59 Å². The highest BCUT2D eigenvalue weighted by Gasteiger charge is 2.14. The second-order valence-corrected chi connectivity index (χ2v) is 6.51. The molecule has 0 aliphatic heterocycles. The van der Waals surface area contributed by atoms with Crippen molar-refractivity contribution in [1.82, 2.24) is 0 Å². The van der Waals surface area contributed by atoms with Crippen LogP contribution in [0.1, 0.15) is 10.4 Å². The highest BCUT2D eigenvalue weighted by Crippen LogP contribution is 2.29. The van der Waals surface area contributed by atoms with Crippen molar-refractivity contribution in [2.45, 2.75) is 4.90 Å². The fourth-order valence-corrected chi connectivity index (χ4v) is 3.16. The molecule has 0 aromatic heterocycles. The fourth-order valence-electron chi connectivity index (χ4n) is 1.86. The molecule has 0 atom stereocenters. The third-order valence-corrected chi connectivity index (χ3v) is 4.72. The number of rotatable bonds is 7. The SMILES string of the molecule is COc1ccccc1C(=O)COC(=O)CSc1cc(Cl)ccc1Cl. The fraction of sp³-hybridized carbons (Fsp3) is 0.176. The molecule has 0 aliphatic rings. The van der Waals surface area contributed by atoms with Gasteiger partial charge in [-0.1, -0.05) is 35.3 Å². The highest BCUT2D eigenvalue weighted by atomic mass is 35.5. The van der Waals surface area contributed by atoms with Gasteiger partial charge in [0.2, 0.25) is 5.78 Å². The molecule has 24 heavy (non-hydrogen) atoms. The maximum absolute atomic E-state index is 12.1. The third kappa shape index (κ3) is 5.16. The van der Waals surface area contributed by atoms with Gasteiger partial charge in [-0.25, -0.2) is 0 Å². The van der Waals surface area contributed by atoms with Crippen molar-refractivity contribution in [3.63, 3.8) is 0 Å². The normalized spacial score (nSPS) is 10.3. The summed E-state index contributed by atoms with van der Waals surface area (Å²) in [6.45, 7) is -0.344. The smallest absolute Gasteiger partial charge is 0.316 e. The van der Waals surface area contributed by atoms with Crippen LogP contribution in [0.15, 0.2) is 47.4 Å². The van der Waals surface area contributed by atoms with Crippen molar-refractivity contribution < 1.29 is 19.1 Å². The van der Waals surface area contributed by atoms with E-state index in [1.165, 1.54) is 18.9 Å². The lowest BCUT2D eigenvalue weighted by Crippen LogP contribution is -2.16. The summed E-state index contributed by atoms with van der Waals surface area (Å²) >= 11 is 13.1. The largest absolute Gasteiger partial charge is 0.496 e. The van der Waals surface area contributed by atoms with Gasteiger partial charge in [0, 0.05) is 9.92 Å². The Labute approximate surface area is 154 Å². The van der Waals surface area contributed by atoms with Gasteiger partial charge in [0.15, 0.2) is 6.61 Å². The van der Waals surface area contributed by atoms with Crippen molar-refractivity contribution in [2.75, 3.05) is 19.5 Å². The number of thioether (sulfide) groups is 1. The Kier molecular flexibility index (Phi) is 6.97. The second kappa shape index (κ2) is 8.97. The van der Waals surface area contributed by atoms with E-state index in [2.05, 4.69) is 0 Å². The van der Waals surface area contributed by atoms with Gasteiger partial charge < -0.3 is 9.47 Å². The number of ether oxygens (including phenoxy) is 2. The molecular weight excluding hydrogens is 371 g/mol. The van der Waals surface area contributed by atoms with Crippen molar-refractivity contribution in [3.05, 3.63) is 58.1 Å². The van der Waals surface area contributed by atoms with Crippen molar-refractivity contribution in [2.24, 2.45) is 0 Å². The predicted molar refractivity (Wildman–Crippen MR) is 95.5 cm³/mol. The van der Waals surface area contributed by atoms with Gasteiger partial charge in [0.25, 0.3) is 0 Å². The lowest BCUT2D eigenvalue weighted by atomic mass is 10.1. The molecule has 0 fully saturated rings. The number of methoxy groups -OCH3 is 1. The molecule has 0 aliphatic carbocycles. The van der Waals surface area contributed by atoms with Crippen molar-refractivity contribution >= 4 is 46.7 Å². The van der Waals surface area contributed by atoms with Crippen LogP contribution < -0.4 is 4.74 Å². The molecule has 0 saturated carbocycles. The lowest BCUT2D eigenvalue weighted by Gasteiger charge is -2.08. The Morgan fingerprint density at radius 3 is 2.62 bits per heavy atom. The van der Waals surface area contributed by atoms with Gasteiger partial charge in [-0.15, -0.1) is 11.8 Å². The van der Waals surface area contributed by atoms with Crippen molar-refractivity contribution in [3.8, 4) is 5.75 Å². The molecule has 0 saturated heterocycles. The van der Waals surface area contributed by atoms with Crippen LogP contribution in [0.4, 0.5) is 0 Å². The van der Waals surface area contributed by atoms with Gasteiger partial charge in [-0.05, 0) is 30.3 Å². The van der Waals surface area contributed by atoms with Crippen LogP contribution >= 0.6 is 35.0 Å². The maximum Gasteiger partial charge on any atom is 0.316 e. The molecule has 2 aromatic carbocycles. The molecule has 0 spiro atoms. The van der Waals surface area contributed by atoms with Gasteiger partial charge in [-0.2, -0.15) is 0 Å². The zero-order chi connectivity index (χ0) is 17.5. The molecule has 0 bridgehead atoms. The number of ketones is 1. The number of carbonyl (C=O) groups excluding carboxylic acids is 2. The van der Waals surface area contributed by atoms with E-state index in [0.29, 0.717) is 26.3 Å². The molecule has 0 N–H and O–H groups in total. The summed E-state index contributed by atoms with van der Waals surface area (Å²) in [4.78, 5) is 24.6. The summed E-state index contributed by atoms with van der Waals surface area (Å²) in [7, 11) is 1.48. The van der Waals surface area contributed by atoms with E-state index in [-0.39, 0.29) is 18.1 Å². The summed E-state index contributed by atoms with van der Waals surface area (Å²) in [6, 6.07) is 11.8. The van der Waals surface area contributed by atoms with Crippen LogP contribution in [0.3, 0.4) is 0 Å². The van der Waals surface area contributed by atoms with Crippen LogP contribution in [0.2, 0.25) is 10.0 Å². The summed E-state index contributed by atoms with van der Waals surface area (Å²) in [6.07, 6.45) is 0. The first kappa shape index (κ1) is 18.6. The Balaban J connectivity index is 1.87. The molecule has 0 radical (unpaired) electrons. The number of carbonyl (C=O) groups is 2. The van der Waals surface area contributed by atoms with Crippen LogP contribution in [0, 0.1) is 0 Å². The van der Waals surface area contributed by atoms with Gasteiger partial charge in [0.1, 0.15) is 5.75 Å². The van der Waals surface area contributed by atoms with E-state index in [1.807, 2.05) is 0 Å². The van der Waals surface area contributed by atoms with Crippen LogP contribution in [-0.4, -0.2) is 31.2 Å². The zero-order valence-corrected chi connectivity index (χ0v) is 15.1. The first-order valence-electron chi connectivity index (χ1n) is 6.91. The van der Waals surface area contributed by atoms with E-state index < -0.39 is 5.97 Å². The van der Waals surface area contributed by atoms with E-state index in [1.54, 1.807) is 42.5 Å². The Bertz CT molecular complexity index is 749. The number of Topliss-reactive ketones (excluding diaryl/α,β-unsaturated/α-hetero) is 1. The van der Waals surface area contributed by atoms with Crippen LogP contribution in [0.5, 0.6) is 5.75 Å². The average Bonchev–Trinajstić information content (AvgIpc) is 2.60. The highest BCUT2D eigenvalue weighted by molar-refractivity contribution is 8.00. The van der Waals surface area contributed by atoms with E-state index in [4.69, 9.17) is 32.7 Å². The minimum absolute atomic E-state index is 0.0271. The summed E-state index contributed by atoms with van der Waals surface area (Å²) in [5.41, 5.74) is 0.373. The standard InChI is InChI=1S/C17H14Cl2O4S/c1-22-15-5-3-2-4-12(15)14(20)9-23-17(21)10-24-16-8-11(18)6-7-13(16)19/h2-8H,9-10H2,1H3. The Morgan fingerprint density at radius 1 is 1.12 bits per heavy atom. The van der Waals surface area contributed by atoms with Crippen LogP contribution in [0.25, 0.3) is 0 Å². The number of hydrogen-bond donors (Lipinski definition) is 0. The number of halogens is 2. The van der Waals surface area contributed by atoms with E-state index >= 15 is 0 Å². The topological polar surface area (TPSA) is 52.6 Å². The molecule has 4 nitrogen and oxygen atoms in total. The second-order valence-electron chi connectivity index (χ2n) is 4.65. The first-order valence-corrected chi connectivity index (χ1v) is 8.65. The van der Waals surface area contributed by atoms with Gasteiger partial charge in [0.05, 0.1) is 23.4 Å². The average molecular weight is 385 g/mol. The summed E-state index contributed by atoms with van der Waals surface area (Å²) in [5.74, 6) is -0.372. The minimum atomic E-state index is -0.515.